The van der Waals surface area contributed by atoms with Gasteiger partial charge in [0.25, 0.3) is 15.9 Å². The van der Waals surface area contributed by atoms with Gasteiger partial charge in [-0.05, 0) is 56.0 Å². The summed E-state index contributed by atoms with van der Waals surface area (Å²) >= 11 is 11.8. The Kier molecular flexibility index (Phi) is 7.69. The molecule has 1 saturated heterocycles. The van der Waals surface area contributed by atoms with Crippen molar-refractivity contribution in [2.24, 2.45) is 5.92 Å². The number of hydrogen-bond donors (Lipinski definition) is 1. The first-order valence-corrected chi connectivity index (χ1v) is 12.4. The van der Waals surface area contributed by atoms with Crippen LogP contribution in [0.15, 0.2) is 47.4 Å². The van der Waals surface area contributed by atoms with Crippen LogP contribution in [0.5, 0.6) is 0 Å². The number of anilines is 1. The lowest BCUT2D eigenvalue weighted by Crippen LogP contribution is -2.44. The summed E-state index contributed by atoms with van der Waals surface area (Å²) in [6.45, 7) is 4.85. The number of halogens is 2. The van der Waals surface area contributed by atoms with Crippen LogP contribution in [0, 0.1) is 5.92 Å². The molecule has 7 nitrogen and oxygen atoms in total. The van der Waals surface area contributed by atoms with Gasteiger partial charge in [-0.15, -0.1) is 0 Å². The minimum absolute atomic E-state index is 0.0113. The molecule has 10 heteroatoms. The zero-order chi connectivity index (χ0) is 23.5. The fourth-order valence-electron chi connectivity index (χ4n) is 3.52. The van der Waals surface area contributed by atoms with E-state index in [1.807, 2.05) is 0 Å². The van der Waals surface area contributed by atoms with Gasteiger partial charge in [-0.3, -0.25) is 9.52 Å². The van der Waals surface area contributed by atoms with Crippen molar-refractivity contribution in [3.63, 3.8) is 0 Å². The highest BCUT2D eigenvalue weighted by atomic mass is 35.5. The van der Waals surface area contributed by atoms with Gasteiger partial charge < -0.3 is 9.64 Å². The van der Waals surface area contributed by atoms with E-state index in [0.717, 1.165) is 12.8 Å². The molecule has 0 aromatic heterocycles. The van der Waals surface area contributed by atoms with E-state index in [2.05, 4.69) is 11.6 Å². The number of esters is 1. The second-order valence-electron chi connectivity index (χ2n) is 7.81. The van der Waals surface area contributed by atoms with E-state index >= 15 is 0 Å². The first kappa shape index (κ1) is 24.4. The third-order valence-electron chi connectivity index (χ3n) is 5.19. The highest BCUT2D eigenvalue weighted by molar-refractivity contribution is 7.92. The highest BCUT2D eigenvalue weighted by Crippen LogP contribution is 2.27. The molecular weight excluding hydrogens is 475 g/mol. The number of hydrogen-bond acceptors (Lipinski definition) is 5. The van der Waals surface area contributed by atoms with Crippen molar-refractivity contribution < 1.29 is 22.7 Å². The van der Waals surface area contributed by atoms with Gasteiger partial charge in [0, 0.05) is 13.1 Å². The van der Waals surface area contributed by atoms with Gasteiger partial charge in [-0.2, -0.15) is 0 Å². The second-order valence-corrected chi connectivity index (χ2v) is 10.3. The zero-order valence-electron chi connectivity index (χ0n) is 17.7. The molecule has 2 aromatic rings. The summed E-state index contributed by atoms with van der Waals surface area (Å²) in [5.41, 5.74) is 0.0117. The van der Waals surface area contributed by atoms with Crippen LogP contribution >= 0.6 is 23.2 Å². The van der Waals surface area contributed by atoms with E-state index in [-0.39, 0.29) is 32.1 Å². The third kappa shape index (κ3) is 5.74. The smallest absolute Gasteiger partial charge is 0.341 e. The zero-order valence-corrected chi connectivity index (χ0v) is 20.0. The van der Waals surface area contributed by atoms with Crippen LogP contribution in [-0.4, -0.2) is 44.4 Å². The molecule has 1 heterocycles. The van der Waals surface area contributed by atoms with Crippen LogP contribution in [0.4, 0.5) is 5.69 Å². The molecule has 3 rings (SSSR count). The SMILES string of the molecule is C[C@H]1CCCN(C(=O)[C@H](C)OC(=O)c2ccccc2NS(=O)(=O)c2ccc(Cl)c(Cl)c2)C1. The van der Waals surface area contributed by atoms with Crippen LogP contribution in [0.3, 0.4) is 0 Å². The van der Waals surface area contributed by atoms with Gasteiger partial charge >= 0.3 is 5.97 Å². The molecule has 0 spiro atoms. The number of nitrogens with one attached hydrogen (secondary N) is 1. The monoisotopic (exact) mass is 498 g/mol. The van der Waals surface area contributed by atoms with Crippen LogP contribution < -0.4 is 4.72 Å². The van der Waals surface area contributed by atoms with Crippen LogP contribution in [-0.2, 0) is 19.6 Å². The van der Waals surface area contributed by atoms with Crippen molar-refractivity contribution in [3.05, 3.63) is 58.1 Å². The molecule has 2 atom stereocenters. The van der Waals surface area contributed by atoms with E-state index in [0.29, 0.717) is 19.0 Å². The Morgan fingerprint density at radius 1 is 1.16 bits per heavy atom. The van der Waals surface area contributed by atoms with Gasteiger partial charge in [0.1, 0.15) is 0 Å². The minimum atomic E-state index is -4.05. The summed E-state index contributed by atoms with van der Waals surface area (Å²) < 4.78 is 33.3. The quantitative estimate of drug-likeness (QED) is 0.587. The number of ether oxygens (including phenoxy) is 1. The van der Waals surface area contributed by atoms with Crippen molar-refractivity contribution in [2.45, 2.75) is 37.7 Å². The molecule has 0 bridgehead atoms. The fourth-order valence-corrected chi connectivity index (χ4v) is 4.99. The average molecular weight is 499 g/mol. The summed E-state index contributed by atoms with van der Waals surface area (Å²) in [6, 6.07) is 9.90. The predicted molar refractivity (Wildman–Crippen MR) is 124 cm³/mol. The first-order valence-electron chi connectivity index (χ1n) is 10.1. The van der Waals surface area contributed by atoms with Crippen molar-refractivity contribution in [2.75, 3.05) is 17.8 Å². The molecule has 172 valence electrons. The average Bonchev–Trinajstić information content (AvgIpc) is 2.75. The molecule has 1 N–H and O–H groups in total. The lowest BCUT2D eigenvalue weighted by Gasteiger charge is -2.32. The van der Waals surface area contributed by atoms with Crippen molar-refractivity contribution in [1.29, 1.82) is 0 Å². The minimum Gasteiger partial charge on any atom is -0.449 e. The molecule has 2 aromatic carbocycles. The molecule has 1 aliphatic heterocycles. The molecule has 1 fully saturated rings. The highest BCUT2D eigenvalue weighted by Gasteiger charge is 2.28. The van der Waals surface area contributed by atoms with Gasteiger partial charge in [-0.1, -0.05) is 42.3 Å². The predicted octanol–water partition coefficient (Wildman–Crippen LogP) is 4.60. The number of sulfonamides is 1. The van der Waals surface area contributed by atoms with E-state index in [9.17, 15) is 18.0 Å². The molecule has 0 saturated carbocycles. The Labute approximate surface area is 197 Å². The maximum absolute atomic E-state index is 12.8. The number of nitrogens with zero attached hydrogens (tertiary/aromatic N) is 1. The summed E-state index contributed by atoms with van der Waals surface area (Å²) in [5, 5.41) is 0.304. The summed E-state index contributed by atoms with van der Waals surface area (Å²) in [7, 11) is -4.05. The number of amides is 1. The van der Waals surface area contributed by atoms with E-state index in [4.69, 9.17) is 27.9 Å². The van der Waals surface area contributed by atoms with E-state index < -0.39 is 22.1 Å². The summed E-state index contributed by atoms with van der Waals surface area (Å²) in [6.07, 6.45) is 0.976. The maximum atomic E-state index is 12.8. The van der Waals surface area contributed by atoms with E-state index in [1.165, 1.54) is 37.3 Å². The van der Waals surface area contributed by atoms with E-state index in [1.54, 1.807) is 17.0 Å². The van der Waals surface area contributed by atoms with Gasteiger partial charge in [0.2, 0.25) is 0 Å². The third-order valence-corrected chi connectivity index (χ3v) is 7.30. The molecule has 0 radical (unpaired) electrons. The Bertz CT molecular complexity index is 1120. The largest absolute Gasteiger partial charge is 0.449 e. The normalized spacial score (nSPS) is 17.5. The maximum Gasteiger partial charge on any atom is 0.341 e. The fraction of sp³-hybridized carbons (Fsp3) is 0.364. The number of carbonyl (C=O) groups is 2. The summed E-state index contributed by atoms with van der Waals surface area (Å²) in [4.78, 5) is 27.1. The molecule has 0 aliphatic carbocycles. The van der Waals surface area contributed by atoms with Crippen LogP contribution in [0.25, 0.3) is 0 Å². The molecular formula is C22H24Cl2N2O5S. The number of rotatable bonds is 6. The first-order chi connectivity index (χ1) is 15.1. The van der Waals surface area contributed by atoms with Crippen LogP contribution in [0.2, 0.25) is 10.0 Å². The number of para-hydroxylation sites is 1. The number of carbonyl (C=O) groups excluding carboxylic acids is 2. The van der Waals surface area contributed by atoms with Gasteiger partial charge in [0.05, 0.1) is 26.2 Å². The second kappa shape index (κ2) is 10.1. The summed E-state index contributed by atoms with van der Waals surface area (Å²) in [5.74, 6) is -0.672. The van der Waals surface area contributed by atoms with Crippen molar-refractivity contribution in [3.8, 4) is 0 Å². The Morgan fingerprint density at radius 2 is 1.88 bits per heavy atom. The molecule has 1 aliphatic rings. The van der Waals surface area contributed by atoms with Crippen LogP contribution in [0.1, 0.15) is 37.0 Å². The van der Waals surface area contributed by atoms with Gasteiger partial charge in [0.15, 0.2) is 6.10 Å². The standard InChI is InChI=1S/C22H24Cl2N2O5S/c1-14-6-5-11-26(13-14)21(27)15(2)31-22(28)17-7-3-4-8-20(17)25-32(29,30)16-9-10-18(23)19(24)12-16/h3-4,7-10,12,14-15,25H,5-6,11,13H2,1-2H3/t14-,15-/m0/s1. The Morgan fingerprint density at radius 3 is 2.56 bits per heavy atom. The number of likely N-dealkylation sites (tertiary alicyclic amines) is 1. The van der Waals surface area contributed by atoms with Crippen molar-refractivity contribution in [1.82, 2.24) is 4.90 Å². The van der Waals surface area contributed by atoms with Gasteiger partial charge in [-0.25, -0.2) is 13.2 Å². The topological polar surface area (TPSA) is 92.8 Å². The number of piperidine rings is 1. The molecule has 1 amide bonds. The Hall–Kier alpha value is -2.29. The molecule has 32 heavy (non-hydrogen) atoms. The Balaban J connectivity index is 1.76. The molecule has 0 unspecified atom stereocenters. The lowest BCUT2D eigenvalue weighted by atomic mass is 10.00. The lowest BCUT2D eigenvalue weighted by molar-refractivity contribution is -0.141. The number of benzene rings is 2. The van der Waals surface area contributed by atoms with Crippen molar-refractivity contribution >= 4 is 50.8 Å².